The zero-order valence-electron chi connectivity index (χ0n) is 18.4. The monoisotopic (exact) mass is 354 g/mol. The molecule has 1 aromatic carbocycles. The first-order valence-corrected chi connectivity index (χ1v) is 9.89. The number of aryl methyl sites for hydroxylation is 1. The van der Waals surface area contributed by atoms with Crippen molar-refractivity contribution >= 4 is 6.08 Å². The fourth-order valence-corrected chi connectivity index (χ4v) is 2.67. The van der Waals surface area contributed by atoms with Crippen LogP contribution in [0.1, 0.15) is 72.9 Å². The molecule has 0 amide bonds. The van der Waals surface area contributed by atoms with Crippen molar-refractivity contribution in [2.24, 2.45) is 0 Å². The van der Waals surface area contributed by atoms with Crippen LogP contribution in [0.15, 0.2) is 58.7 Å². The number of hydrogen-bond donors (Lipinski definition) is 0. The van der Waals surface area contributed by atoms with Gasteiger partial charge in [-0.05, 0) is 87.9 Å². The second-order valence-corrected chi connectivity index (χ2v) is 6.01. The van der Waals surface area contributed by atoms with Crippen LogP contribution in [-0.2, 0) is 0 Å². The average molecular weight is 355 g/mol. The quantitative estimate of drug-likeness (QED) is 0.450. The normalized spacial score (nSPS) is 13.3. The minimum absolute atomic E-state index is 0.699. The number of rotatable bonds is 7. The van der Waals surface area contributed by atoms with Crippen molar-refractivity contribution in [3.63, 3.8) is 0 Å². The molecule has 0 fully saturated rings. The largest absolute Gasteiger partial charge is 0.494 e. The molecule has 0 aliphatic rings. The smallest absolute Gasteiger partial charge is 0.119 e. The highest BCUT2D eigenvalue weighted by atomic mass is 16.5. The molecule has 0 heterocycles. The minimum atomic E-state index is 0.699. The van der Waals surface area contributed by atoms with Crippen molar-refractivity contribution in [1.82, 2.24) is 0 Å². The van der Waals surface area contributed by atoms with E-state index >= 15 is 0 Å². The van der Waals surface area contributed by atoms with E-state index < -0.39 is 0 Å². The van der Waals surface area contributed by atoms with Crippen LogP contribution in [-0.4, -0.2) is 6.61 Å². The van der Waals surface area contributed by atoms with E-state index in [0.29, 0.717) is 6.61 Å². The van der Waals surface area contributed by atoms with Gasteiger partial charge in [0.15, 0.2) is 0 Å². The van der Waals surface area contributed by atoms with Gasteiger partial charge < -0.3 is 4.74 Å². The predicted octanol–water partition coefficient (Wildman–Crippen LogP) is 8.07. The Morgan fingerprint density at radius 1 is 1.04 bits per heavy atom. The van der Waals surface area contributed by atoms with Gasteiger partial charge in [0, 0.05) is 0 Å². The van der Waals surface area contributed by atoms with Crippen LogP contribution in [0, 0.1) is 6.92 Å². The molecule has 0 aliphatic heterocycles. The number of allylic oxidation sites excluding steroid dienone is 7. The second kappa shape index (κ2) is 13.2. The van der Waals surface area contributed by atoms with Gasteiger partial charge in [-0.2, -0.15) is 0 Å². The Hall–Kier alpha value is -2.02. The Balaban J connectivity index is 0.00000301. The van der Waals surface area contributed by atoms with E-state index in [2.05, 4.69) is 78.0 Å². The molecular formula is C25H38O. The van der Waals surface area contributed by atoms with Gasteiger partial charge in [-0.15, -0.1) is 0 Å². The van der Waals surface area contributed by atoms with Gasteiger partial charge in [0.1, 0.15) is 5.75 Å². The van der Waals surface area contributed by atoms with E-state index in [9.17, 15) is 0 Å². The molecule has 1 rings (SSSR count). The molecule has 0 radical (unpaired) electrons. The summed E-state index contributed by atoms with van der Waals surface area (Å²) in [6, 6.07) is 6.28. The summed E-state index contributed by atoms with van der Waals surface area (Å²) in [5.41, 5.74) is 7.82. The molecule has 0 aliphatic carbocycles. The lowest BCUT2D eigenvalue weighted by Gasteiger charge is -2.13. The van der Waals surface area contributed by atoms with Crippen LogP contribution >= 0.6 is 0 Å². The molecule has 0 saturated carbocycles. The van der Waals surface area contributed by atoms with Gasteiger partial charge in [0.25, 0.3) is 0 Å². The third kappa shape index (κ3) is 7.07. The van der Waals surface area contributed by atoms with E-state index in [-0.39, 0.29) is 0 Å². The Morgan fingerprint density at radius 3 is 2.15 bits per heavy atom. The first-order valence-electron chi connectivity index (χ1n) is 9.89. The highest BCUT2D eigenvalue weighted by Gasteiger charge is 2.07. The van der Waals surface area contributed by atoms with E-state index in [1.807, 2.05) is 26.8 Å². The number of benzene rings is 1. The molecule has 1 nitrogen and oxygen atoms in total. The first-order chi connectivity index (χ1) is 12.5. The molecule has 144 valence electrons. The molecule has 0 atom stereocenters. The highest BCUT2D eigenvalue weighted by molar-refractivity contribution is 5.63. The molecule has 0 saturated heterocycles. The minimum Gasteiger partial charge on any atom is -0.494 e. The van der Waals surface area contributed by atoms with E-state index in [4.69, 9.17) is 4.74 Å². The van der Waals surface area contributed by atoms with Crippen LogP contribution in [0.4, 0.5) is 0 Å². The third-order valence-electron chi connectivity index (χ3n) is 4.41. The summed E-state index contributed by atoms with van der Waals surface area (Å²) in [5.74, 6) is 0.937. The summed E-state index contributed by atoms with van der Waals surface area (Å²) in [5, 5.41) is 0. The van der Waals surface area contributed by atoms with Crippen LogP contribution in [0.3, 0.4) is 0 Å². The molecule has 0 spiro atoms. The van der Waals surface area contributed by atoms with Crippen LogP contribution in [0.2, 0.25) is 0 Å². The molecule has 26 heavy (non-hydrogen) atoms. The topological polar surface area (TPSA) is 9.23 Å². The fraction of sp³-hybridized carbons (Fsp3) is 0.440. The lowest BCUT2D eigenvalue weighted by atomic mass is 9.92. The maximum absolute atomic E-state index is 5.57. The van der Waals surface area contributed by atoms with Crippen molar-refractivity contribution in [2.75, 3.05) is 6.61 Å². The van der Waals surface area contributed by atoms with Gasteiger partial charge in [-0.1, -0.05) is 56.7 Å². The molecule has 1 heteroatoms. The molecule has 0 N–H and O–H groups in total. The lowest BCUT2D eigenvalue weighted by molar-refractivity contribution is 0.340. The Kier molecular flexibility index (Phi) is 12.2. The molecular weight excluding hydrogens is 316 g/mol. The summed E-state index contributed by atoms with van der Waals surface area (Å²) < 4.78 is 5.57. The van der Waals surface area contributed by atoms with Gasteiger partial charge in [0.2, 0.25) is 0 Å². The molecule has 0 bridgehead atoms. The summed E-state index contributed by atoms with van der Waals surface area (Å²) in [4.78, 5) is 0. The van der Waals surface area contributed by atoms with E-state index in [0.717, 1.165) is 12.2 Å². The highest BCUT2D eigenvalue weighted by Crippen LogP contribution is 2.27. The van der Waals surface area contributed by atoms with Gasteiger partial charge in [-0.25, -0.2) is 0 Å². The summed E-state index contributed by atoms with van der Waals surface area (Å²) in [6.07, 6.45) is 9.90. The van der Waals surface area contributed by atoms with Crippen molar-refractivity contribution < 1.29 is 4.74 Å². The zero-order valence-corrected chi connectivity index (χ0v) is 18.4. The molecule has 1 aromatic rings. The summed E-state index contributed by atoms with van der Waals surface area (Å²) >= 11 is 0. The van der Waals surface area contributed by atoms with Crippen molar-refractivity contribution in [1.29, 1.82) is 0 Å². The fourth-order valence-electron chi connectivity index (χ4n) is 2.67. The third-order valence-corrected chi connectivity index (χ3v) is 4.41. The maximum Gasteiger partial charge on any atom is 0.119 e. The number of ether oxygens (including phenoxy) is 1. The Bertz CT molecular complexity index is 669. The van der Waals surface area contributed by atoms with Crippen LogP contribution in [0.25, 0.3) is 6.08 Å². The van der Waals surface area contributed by atoms with Crippen molar-refractivity contribution in [2.45, 2.75) is 68.7 Å². The standard InChI is InChI=1S/C23H32O.C2H6/c1-8-17(5)22(10-3)23(18(6)9-2)15-13-20-12-14-21(24-11-4)16-19(20)7;1-2/h8,10,12-16H,9,11H2,1-7H3;1-2H3/b15-13-,17-8-,22-10+,23-18-;. The molecule has 0 unspecified atom stereocenters. The lowest BCUT2D eigenvalue weighted by Crippen LogP contribution is -1.94. The zero-order chi connectivity index (χ0) is 20.1. The maximum atomic E-state index is 5.57. The number of hydrogen-bond acceptors (Lipinski definition) is 1. The van der Waals surface area contributed by atoms with E-state index in [1.165, 1.54) is 33.4 Å². The summed E-state index contributed by atoms with van der Waals surface area (Å²) in [7, 11) is 0. The predicted molar refractivity (Wildman–Crippen MR) is 119 cm³/mol. The second-order valence-electron chi connectivity index (χ2n) is 6.01. The van der Waals surface area contributed by atoms with E-state index in [1.54, 1.807) is 0 Å². The van der Waals surface area contributed by atoms with Crippen LogP contribution < -0.4 is 4.74 Å². The summed E-state index contributed by atoms with van der Waals surface area (Å²) in [6.45, 7) is 19.7. The van der Waals surface area contributed by atoms with Gasteiger partial charge in [0.05, 0.1) is 6.61 Å². The SMILES string of the molecule is CC.C\C=C(C)/C(=C\C)C(/C=C\c1ccc(OCC)cc1C)=C(/C)CC. The van der Waals surface area contributed by atoms with Crippen LogP contribution in [0.5, 0.6) is 5.75 Å². The van der Waals surface area contributed by atoms with Gasteiger partial charge >= 0.3 is 0 Å². The van der Waals surface area contributed by atoms with Crippen molar-refractivity contribution in [3.05, 3.63) is 69.8 Å². The molecule has 0 aromatic heterocycles. The Morgan fingerprint density at radius 2 is 1.69 bits per heavy atom. The Labute approximate surface area is 162 Å². The first kappa shape index (κ1) is 24.0. The van der Waals surface area contributed by atoms with Gasteiger partial charge in [-0.3, -0.25) is 0 Å². The van der Waals surface area contributed by atoms with Crippen molar-refractivity contribution in [3.8, 4) is 5.75 Å². The average Bonchev–Trinajstić information content (AvgIpc) is 2.67.